The summed E-state index contributed by atoms with van der Waals surface area (Å²) in [4.78, 5) is 13.5. The third kappa shape index (κ3) is 5.09. The lowest BCUT2D eigenvalue weighted by Crippen LogP contribution is -2.32. The highest BCUT2D eigenvalue weighted by Crippen LogP contribution is 2.36. The Morgan fingerprint density at radius 1 is 1.17 bits per heavy atom. The molecule has 0 amide bonds. The molecule has 0 atom stereocenters. The normalized spacial score (nSPS) is 14.6. The highest BCUT2D eigenvalue weighted by Gasteiger charge is 2.23. The number of pyridine rings is 2. The largest absolute Gasteiger partial charge is 0.474 e. The van der Waals surface area contributed by atoms with Gasteiger partial charge in [0.1, 0.15) is 23.9 Å². The van der Waals surface area contributed by atoms with E-state index in [-0.39, 0.29) is 5.82 Å². The highest BCUT2D eigenvalue weighted by atomic mass is 19.1. The Bertz CT molecular complexity index is 1220. The predicted octanol–water partition coefficient (Wildman–Crippen LogP) is 4.01. The second kappa shape index (κ2) is 9.95. The molecule has 0 spiro atoms. The Morgan fingerprint density at radius 2 is 2.06 bits per heavy atom. The smallest absolute Gasteiger partial charge is 0.237 e. The molecule has 0 fully saturated rings. The average Bonchev–Trinajstić information content (AvgIpc) is 2.85. The number of benzene rings is 1. The number of hydrogen-bond donors (Lipinski definition) is 3. The maximum absolute atomic E-state index is 14.6. The van der Waals surface area contributed by atoms with Crippen LogP contribution in [0.2, 0.25) is 0 Å². The summed E-state index contributed by atoms with van der Waals surface area (Å²) in [6, 6.07) is 7.19. The first-order valence-corrected chi connectivity index (χ1v) is 12.0. The van der Waals surface area contributed by atoms with Crippen molar-refractivity contribution in [2.45, 2.75) is 19.9 Å². The van der Waals surface area contributed by atoms with Crippen molar-refractivity contribution in [1.82, 2.24) is 14.9 Å². The topological polar surface area (TPSA) is 77.6 Å². The van der Waals surface area contributed by atoms with Crippen LogP contribution < -0.4 is 25.6 Å². The fourth-order valence-electron chi connectivity index (χ4n) is 4.54. The first kappa shape index (κ1) is 23.2. The second-order valence-corrected chi connectivity index (χ2v) is 9.28. The molecule has 2 aliphatic rings. The summed E-state index contributed by atoms with van der Waals surface area (Å²) in [6.07, 6.45) is 4.74. The van der Waals surface area contributed by atoms with Gasteiger partial charge >= 0.3 is 0 Å². The minimum Gasteiger partial charge on any atom is -0.474 e. The molecular weight excluding hydrogens is 445 g/mol. The summed E-state index contributed by atoms with van der Waals surface area (Å²) in [5.41, 5.74) is 6.86. The van der Waals surface area contributed by atoms with Gasteiger partial charge in [0.15, 0.2) is 0 Å². The van der Waals surface area contributed by atoms with Gasteiger partial charge in [0.2, 0.25) is 5.88 Å². The van der Waals surface area contributed by atoms with E-state index < -0.39 is 0 Å². The SMILES string of the molecule is Cc1c(N2CCc3cnc(Nc4ccc(NCCN(C)C)c(F)c4)cc3C2)cnc2c1NCCO2. The maximum Gasteiger partial charge on any atom is 0.237 e. The molecule has 0 saturated heterocycles. The summed E-state index contributed by atoms with van der Waals surface area (Å²) >= 11 is 0. The third-order valence-corrected chi connectivity index (χ3v) is 6.47. The van der Waals surface area contributed by atoms with Gasteiger partial charge in [-0.3, -0.25) is 0 Å². The molecule has 1 aromatic carbocycles. The molecule has 2 aromatic heterocycles. The van der Waals surface area contributed by atoms with Crippen molar-refractivity contribution >= 4 is 28.6 Å². The second-order valence-electron chi connectivity index (χ2n) is 9.28. The number of nitrogens with zero attached hydrogens (tertiary/aromatic N) is 4. The molecule has 0 bridgehead atoms. The van der Waals surface area contributed by atoms with Crippen molar-refractivity contribution in [3.8, 4) is 5.88 Å². The van der Waals surface area contributed by atoms with E-state index in [0.29, 0.717) is 36.2 Å². The summed E-state index contributed by atoms with van der Waals surface area (Å²) in [6.45, 7) is 6.71. The van der Waals surface area contributed by atoms with Crippen molar-refractivity contribution in [3.63, 3.8) is 0 Å². The van der Waals surface area contributed by atoms with E-state index in [1.807, 2.05) is 32.6 Å². The quantitative estimate of drug-likeness (QED) is 0.471. The van der Waals surface area contributed by atoms with Crippen LogP contribution in [-0.2, 0) is 13.0 Å². The van der Waals surface area contributed by atoms with Gasteiger partial charge in [-0.05, 0) is 62.8 Å². The lowest BCUT2D eigenvalue weighted by atomic mass is 10.0. The van der Waals surface area contributed by atoms with Crippen LogP contribution in [0.25, 0.3) is 0 Å². The molecule has 0 aliphatic carbocycles. The van der Waals surface area contributed by atoms with E-state index in [1.54, 1.807) is 6.07 Å². The summed E-state index contributed by atoms with van der Waals surface area (Å²) in [7, 11) is 3.99. The van der Waals surface area contributed by atoms with Gasteiger partial charge in [0.25, 0.3) is 0 Å². The number of hydrogen-bond acceptors (Lipinski definition) is 8. The minimum absolute atomic E-state index is 0.286. The van der Waals surface area contributed by atoms with E-state index in [4.69, 9.17) is 4.74 Å². The van der Waals surface area contributed by atoms with Crippen LogP contribution in [0.15, 0.2) is 36.7 Å². The van der Waals surface area contributed by atoms with E-state index in [0.717, 1.165) is 49.5 Å². The van der Waals surface area contributed by atoms with Gasteiger partial charge in [0, 0.05) is 50.2 Å². The Hall–Kier alpha value is -3.59. The van der Waals surface area contributed by atoms with Crippen molar-refractivity contribution in [2.24, 2.45) is 0 Å². The number of nitrogens with one attached hydrogen (secondary N) is 3. The number of likely N-dealkylation sites (N-methyl/N-ethyl adjacent to an activating group) is 1. The number of rotatable bonds is 7. The summed E-state index contributed by atoms with van der Waals surface area (Å²) in [5.74, 6) is 1.09. The lowest BCUT2D eigenvalue weighted by Gasteiger charge is -2.33. The highest BCUT2D eigenvalue weighted by molar-refractivity contribution is 5.71. The molecule has 35 heavy (non-hydrogen) atoms. The van der Waals surface area contributed by atoms with Crippen LogP contribution in [-0.4, -0.2) is 61.7 Å². The number of fused-ring (bicyclic) bond motifs is 2. The van der Waals surface area contributed by atoms with Crippen molar-refractivity contribution < 1.29 is 9.13 Å². The van der Waals surface area contributed by atoms with Crippen LogP contribution in [0.1, 0.15) is 16.7 Å². The van der Waals surface area contributed by atoms with Gasteiger partial charge in [-0.2, -0.15) is 0 Å². The van der Waals surface area contributed by atoms with Gasteiger partial charge in [0.05, 0.1) is 17.6 Å². The maximum atomic E-state index is 14.6. The van der Waals surface area contributed by atoms with E-state index >= 15 is 0 Å². The molecule has 9 heteroatoms. The van der Waals surface area contributed by atoms with Crippen LogP contribution >= 0.6 is 0 Å². The van der Waals surface area contributed by atoms with Crippen LogP contribution in [0.5, 0.6) is 5.88 Å². The van der Waals surface area contributed by atoms with Crippen LogP contribution in [0.4, 0.5) is 33.0 Å². The molecular formula is C26H32FN7O. The molecule has 3 N–H and O–H groups in total. The van der Waals surface area contributed by atoms with Crippen molar-refractivity contribution in [1.29, 1.82) is 0 Å². The summed E-state index contributed by atoms with van der Waals surface area (Å²) < 4.78 is 20.3. The Kier molecular flexibility index (Phi) is 6.59. The molecule has 0 radical (unpaired) electrons. The lowest BCUT2D eigenvalue weighted by molar-refractivity contribution is 0.310. The molecule has 3 aromatic rings. The Balaban J connectivity index is 1.29. The predicted molar refractivity (Wildman–Crippen MR) is 139 cm³/mol. The number of anilines is 5. The fourth-order valence-corrected chi connectivity index (χ4v) is 4.54. The third-order valence-electron chi connectivity index (χ3n) is 6.47. The molecule has 184 valence electrons. The zero-order valence-corrected chi connectivity index (χ0v) is 20.5. The monoisotopic (exact) mass is 477 g/mol. The number of ether oxygens (including phenoxy) is 1. The van der Waals surface area contributed by atoms with Crippen molar-refractivity contribution in [3.05, 3.63) is 59.2 Å². The fraction of sp³-hybridized carbons (Fsp3) is 0.385. The summed E-state index contributed by atoms with van der Waals surface area (Å²) in [5, 5.41) is 9.82. The Labute approximate surface area is 205 Å². The van der Waals surface area contributed by atoms with E-state index in [2.05, 4.69) is 48.7 Å². The minimum atomic E-state index is -0.286. The standard InChI is InChI=1S/C26H32FN7O/c1-17-23(15-31-26-25(17)29-8-11-35-26)34-9-6-18-14-30-24(12-19(18)16-34)32-20-4-5-22(21(27)13-20)28-7-10-33(2)3/h4-5,12-15,28-29H,6-11,16H2,1-3H3,(H,30,32). The molecule has 2 aliphatic heterocycles. The number of halogens is 1. The molecule has 5 rings (SSSR count). The van der Waals surface area contributed by atoms with E-state index in [9.17, 15) is 4.39 Å². The number of aromatic nitrogens is 2. The zero-order valence-electron chi connectivity index (χ0n) is 20.5. The van der Waals surface area contributed by atoms with Gasteiger partial charge < -0.3 is 30.5 Å². The van der Waals surface area contributed by atoms with Crippen LogP contribution in [0.3, 0.4) is 0 Å². The van der Waals surface area contributed by atoms with Gasteiger partial charge in [-0.15, -0.1) is 0 Å². The average molecular weight is 478 g/mol. The Morgan fingerprint density at radius 3 is 2.89 bits per heavy atom. The van der Waals surface area contributed by atoms with E-state index in [1.165, 1.54) is 17.2 Å². The van der Waals surface area contributed by atoms with Crippen molar-refractivity contribution in [2.75, 3.05) is 67.7 Å². The molecule has 4 heterocycles. The zero-order chi connectivity index (χ0) is 24.4. The molecule has 8 nitrogen and oxygen atoms in total. The molecule has 0 unspecified atom stereocenters. The first-order valence-electron chi connectivity index (χ1n) is 12.0. The van der Waals surface area contributed by atoms with Gasteiger partial charge in [-0.1, -0.05) is 0 Å². The van der Waals surface area contributed by atoms with Gasteiger partial charge in [-0.25, -0.2) is 14.4 Å². The van der Waals surface area contributed by atoms with Crippen LogP contribution in [0, 0.1) is 12.7 Å². The first-order chi connectivity index (χ1) is 17.0. The molecule has 0 saturated carbocycles.